The van der Waals surface area contributed by atoms with Crippen molar-refractivity contribution in [2.45, 2.75) is 18.6 Å². The molecule has 2 amide bonds. The fourth-order valence-electron chi connectivity index (χ4n) is 2.23. The summed E-state index contributed by atoms with van der Waals surface area (Å²) in [6, 6.07) is 4.80. The van der Waals surface area contributed by atoms with Crippen LogP contribution < -0.4 is 16.4 Å². The summed E-state index contributed by atoms with van der Waals surface area (Å²) in [6.07, 6.45) is 5.12. The van der Waals surface area contributed by atoms with E-state index in [4.69, 9.17) is 5.73 Å². The lowest BCUT2D eigenvalue weighted by Crippen LogP contribution is -2.36. The molecule has 0 saturated carbocycles. The smallest absolute Gasteiger partial charge is 0.274 e. The highest BCUT2D eigenvalue weighted by molar-refractivity contribution is 8.76. The highest BCUT2D eigenvalue weighted by Crippen LogP contribution is 2.32. The lowest BCUT2D eigenvalue weighted by atomic mass is 10.2. The topological polar surface area (TPSA) is 102 Å². The van der Waals surface area contributed by atoms with Gasteiger partial charge in [0.15, 0.2) is 0 Å². The van der Waals surface area contributed by atoms with Gasteiger partial charge >= 0.3 is 0 Å². The maximum absolute atomic E-state index is 12.4. The average molecular weight is 394 g/mol. The van der Waals surface area contributed by atoms with E-state index in [9.17, 15) is 9.59 Å². The Morgan fingerprint density at radius 3 is 2.65 bits per heavy atom. The van der Waals surface area contributed by atoms with Crippen LogP contribution in [0.25, 0.3) is 0 Å². The van der Waals surface area contributed by atoms with Crippen LogP contribution in [-0.4, -0.2) is 38.9 Å². The molecule has 0 spiro atoms. The minimum absolute atomic E-state index is 0.0713. The number of nitrogens with zero attached hydrogens (tertiary/aromatic N) is 2. The Labute approximate surface area is 160 Å². The first-order valence-corrected chi connectivity index (χ1v) is 10.5. The van der Waals surface area contributed by atoms with Crippen molar-refractivity contribution >= 4 is 44.8 Å². The number of pyridine rings is 1. The largest absolute Gasteiger partial charge is 0.397 e. The molecule has 0 radical (unpaired) electrons. The molecule has 0 aliphatic carbocycles. The van der Waals surface area contributed by atoms with E-state index in [1.54, 1.807) is 57.6 Å². The lowest BCUT2D eigenvalue weighted by Gasteiger charge is -2.22. The molecular formula is C17H23N5O2S2. The van der Waals surface area contributed by atoms with E-state index in [1.165, 1.54) is 6.20 Å². The van der Waals surface area contributed by atoms with Crippen molar-refractivity contribution in [2.75, 3.05) is 23.9 Å². The molecule has 2 aromatic heterocycles. The fraction of sp³-hybridized carbons (Fsp3) is 0.353. The standard InChI is InChI=1S/C17H23N5O2S2/c1-17(2,26-25-4)10-20-16(24)14-7-12(9-22(14)3)21-15(23)13-6-5-11(18)8-19-13/h5-9H,10,18H2,1-4H3,(H,20,24)(H,21,23). The van der Waals surface area contributed by atoms with Gasteiger partial charge in [-0.1, -0.05) is 21.6 Å². The van der Waals surface area contributed by atoms with Crippen LogP contribution >= 0.6 is 21.6 Å². The van der Waals surface area contributed by atoms with Gasteiger partial charge in [0, 0.05) is 24.5 Å². The quantitative estimate of drug-likeness (QED) is 0.625. The van der Waals surface area contributed by atoms with Gasteiger partial charge in [-0.2, -0.15) is 0 Å². The van der Waals surface area contributed by atoms with Crippen LogP contribution in [0.5, 0.6) is 0 Å². The second kappa shape index (κ2) is 8.50. The van der Waals surface area contributed by atoms with E-state index < -0.39 is 0 Å². The first kappa shape index (κ1) is 20.2. The van der Waals surface area contributed by atoms with Gasteiger partial charge < -0.3 is 20.9 Å². The van der Waals surface area contributed by atoms with Gasteiger partial charge in [0.25, 0.3) is 11.8 Å². The van der Waals surface area contributed by atoms with Crippen LogP contribution in [0.1, 0.15) is 34.8 Å². The van der Waals surface area contributed by atoms with Crippen molar-refractivity contribution in [2.24, 2.45) is 7.05 Å². The molecule has 0 aliphatic rings. The minimum atomic E-state index is -0.361. The Morgan fingerprint density at radius 1 is 1.31 bits per heavy atom. The van der Waals surface area contributed by atoms with E-state index in [0.717, 1.165) is 0 Å². The number of amides is 2. The van der Waals surface area contributed by atoms with E-state index in [-0.39, 0.29) is 22.3 Å². The third-order valence-corrected chi connectivity index (χ3v) is 6.11. The summed E-state index contributed by atoms with van der Waals surface area (Å²) in [7, 11) is 5.14. The number of nitrogens with one attached hydrogen (secondary N) is 2. The highest BCUT2D eigenvalue weighted by atomic mass is 33.1. The van der Waals surface area contributed by atoms with Crippen molar-refractivity contribution in [1.29, 1.82) is 0 Å². The molecule has 0 fully saturated rings. The molecule has 0 aromatic carbocycles. The molecule has 9 heteroatoms. The highest BCUT2D eigenvalue weighted by Gasteiger charge is 2.21. The Hall–Kier alpha value is -2.13. The van der Waals surface area contributed by atoms with Crippen molar-refractivity contribution in [3.8, 4) is 0 Å². The van der Waals surface area contributed by atoms with E-state index in [1.807, 2.05) is 6.26 Å². The number of nitrogen functional groups attached to an aromatic ring is 1. The van der Waals surface area contributed by atoms with Crippen LogP contribution in [0.3, 0.4) is 0 Å². The molecule has 0 aliphatic heterocycles. The van der Waals surface area contributed by atoms with E-state index in [0.29, 0.717) is 23.6 Å². The number of hydrogen-bond acceptors (Lipinski definition) is 6. The van der Waals surface area contributed by atoms with Crippen LogP contribution in [0.2, 0.25) is 0 Å². The summed E-state index contributed by atoms with van der Waals surface area (Å²) < 4.78 is 1.61. The number of rotatable bonds is 7. The lowest BCUT2D eigenvalue weighted by molar-refractivity contribution is 0.0941. The molecule has 140 valence electrons. The van der Waals surface area contributed by atoms with Crippen LogP contribution in [-0.2, 0) is 7.05 Å². The molecule has 0 atom stereocenters. The summed E-state index contributed by atoms with van der Waals surface area (Å²) in [5.41, 5.74) is 7.31. The summed E-state index contributed by atoms with van der Waals surface area (Å²) in [5, 5.41) is 5.67. The minimum Gasteiger partial charge on any atom is -0.397 e. The van der Waals surface area contributed by atoms with Crippen molar-refractivity contribution in [3.05, 3.63) is 42.0 Å². The zero-order valence-electron chi connectivity index (χ0n) is 15.2. The first-order valence-electron chi connectivity index (χ1n) is 7.91. The Morgan fingerprint density at radius 2 is 2.04 bits per heavy atom. The Kier molecular flexibility index (Phi) is 6.60. The molecule has 2 heterocycles. The predicted molar refractivity (Wildman–Crippen MR) is 110 cm³/mol. The molecular weight excluding hydrogens is 370 g/mol. The van der Waals surface area contributed by atoms with Crippen molar-refractivity contribution in [1.82, 2.24) is 14.9 Å². The Balaban J connectivity index is 2.02. The summed E-state index contributed by atoms with van der Waals surface area (Å²) in [5.74, 6) is -0.548. The molecule has 0 unspecified atom stereocenters. The summed E-state index contributed by atoms with van der Waals surface area (Å²) >= 11 is 0. The van der Waals surface area contributed by atoms with Crippen molar-refractivity contribution in [3.63, 3.8) is 0 Å². The maximum Gasteiger partial charge on any atom is 0.274 e. The number of aromatic nitrogens is 2. The number of hydrogen-bond donors (Lipinski definition) is 3. The first-order chi connectivity index (χ1) is 12.2. The molecule has 2 aromatic rings. The molecule has 26 heavy (non-hydrogen) atoms. The number of aryl methyl sites for hydroxylation is 1. The van der Waals surface area contributed by atoms with Gasteiger partial charge in [-0.25, -0.2) is 4.98 Å². The molecule has 0 bridgehead atoms. The third kappa shape index (κ3) is 5.43. The van der Waals surface area contributed by atoms with Gasteiger partial charge in [-0.3, -0.25) is 9.59 Å². The van der Waals surface area contributed by atoms with Gasteiger partial charge in [0.05, 0.1) is 17.6 Å². The van der Waals surface area contributed by atoms with Gasteiger partial charge in [0.2, 0.25) is 0 Å². The monoisotopic (exact) mass is 393 g/mol. The number of anilines is 2. The van der Waals surface area contributed by atoms with Crippen LogP contribution in [0.15, 0.2) is 30.6 Å². The normalized spacial score (nSPS) is 11.2. The van der Waals surface area contributed by atoms with Crippen LogP contribution in [0.4, 0.5) is 11.4 Å². The van der Waals surface area contributed by atoms with E-state index in [2.05, 4.69) is 29.5 Å². The average Bonchev–Trinajstić information content (AvgIpc) is 2.93. The zero-order chi connectivity index (χ0) is 19.3. The molecule has 2 rings (SSSR count). The van der Waals surface area contributed by atoms with Gasteiger partial charge in [-0.15, -0.1) is 0 Å². The van der Waals surface area contributed by atoms with E-state index >= 15 is 0 Å². The van der Waals surface area contributed by atoms with Crippen molar-refractivity contribution < 1.29 is 9.59 Å². The second-order valence-corrected chi connectivity index (χ2v) is 9.45. The molecule has 7 nitrogen and oxygen atoms in total. The van der Waals surface area contributed by atoms with Gasteiger partial charge in [-0.05, 0) is 38.3 Å². The zero-order valence-corrected chi connectivity index (χ0v) is 16.8. The Bertz CT molecular complexity index is 787. The molecule has 4 N–H and O–H groups in total. The van der Waals surface area contributed by atoms with Crippen LogP contribution in [0, 0.1) is 0 Å². The number of carbonyl (C=O) groups is 2. The fourth-order valence-corrected chi connectivity index (χ4v) is 4.34. The summed E-state index contributed by atoms with van der Waals surface area (Å²) in [6.45, 7) is 4.69. The second-order valence-electron chi connectivity index (χ2n) is 6.35. The maximum atomic E-state index is 12.4. The predicted octanol–water partition coefficient (Wildman–Crippen LogP) is 2.77. The number of nitrogens with two attached hydrogens (primary N) is 1. The summed E-state index contributed by atoms with van der Waals surface area (Å²) in [4.78, 5) is 28.6. The molecule has 0 saturated heterocycles. The van der Waals surface area contributed by atoms with Gasteiger partial charge in [0.1, 0.15) is 11.4 Å². The number of carbonyl (C=O) groups excluding carboxylic acids is 2. The third-order valence-electron chi connectivity index (χ3n) is 3.50. The SMILES string of the molecule is CSSC(C)(C)CNC(=O)c1cc(NC(=O)c2ccc(N)cn2)cn1C.